The van der Waals surface area contributed by atoms with Gasteiger partial charge in [-0.3, -0.25) is 9.88 Å². The number of hydrogen-bond acceptors (Lipinski definition) is 3. The summed E-state index contributed by atoms with van der Waals surface area (Å²) < 4.78 is 0. The highest BCUT2D eigenvalue weighted by Gasteiger charge is 2.19. The van der Waals surface area contributed by atoms with Crippen LogP contribution in [-0.2, 0) is 13.1 Å². The summed E-state index contributed by atoms with van der Waals surface area (Å²) in [5, 5.41) is 3.74. The lowest BCUT2D eigenvalue weighted by Gasteiger charge is -2.22. The minimum absolute atomic E-state index is 0.00260. The number of carbonyl (C=O) groups excluding carboxylic acids is 1. The minimum Gasteiger partial charge on any atom is -0.334 e. The summed E-state index contributed by atoms with van der Waals surface area (Å²) in [5.74, 6) is 0. The highest BCUT2D eigenvalue weighted by Crippen LogP contribution is 2.13. The Labute approximate surface area is 153 Å². The number of hydrogen-bond donors (Lipinski definition) is 1. The van der Waals surface area contributed by atoms with E-state index in [0.29, 0.717) is 6.54 Å². The van der Waals surface area contributed by atoms with Gasteiger partial charge in [0.1, 0.15) is 0 Å². The number of nitrogens with zero attached hydrogens (tertiary/aromatic N) is 3. The van der Waals surface area contributed by atoms with Crippen LogP contribution >= 0.6 is 11.6 Å². The van der Waals surface area contributed by atoms with E-state index in [-0.39, 0.29) is 6.03 Å². The van der Waals surface area contributed by atoms with E-state index in [2.05, 4.69) is 27.3 Å². The molecule has 1 fully saturated rings. The summed E-state index contributed by atoms with van der Waals surface area (Å²) in [6.45, 7) is 4.81. The fourth-order valence-electron chi connectivity index (χ4n) is 2.97. The fourth-order valence-corrected chi connectivity index (χ4v) is 3.10. The van der Waals surface area contributed by atoms with E-state index in [1.54, 1.807) is 12.4 Å². The lowest BCUT2D eigenvalue weighted by atomic mass is 10.2. The monoisotopic (exact) mass is 358 g/mol. The van der Waals surface area contributed by atoms with Gasteiger partial charge in [0.15, 0.2) is 0 Å². The Kier molecular flexibility index (Phi) is 6.25. The van der Waals surface area contributed by atoms with Gasteiger partial charge in [-0.05, 0) is 35.7 Å². The molecule has 1 saturated heterocycles. The molecule has 2 amide bonds. The van der Waals surface area contributed by atoms with Crippen molar-refractivity contribution in [3.8, 4) is 0 Å². The zero-order chi connectivity index (χ0) is 17.5. The topological polar surface area (TPSA) is 48.5 Å². The van der Waals surface area contributed by atoms with Crippen LogP contribution in [0.25, 0.3) is 0 Å². The Morgan fingerprint density at radius 2 is 1.92 bits per heavy atom. The van der Waals surface area contributed by atoms with Crippen molar-refractivity contribution < 1.29 is 4.79 Å². The third kappa shape index (κ3) is 5.44. The number of pyridine rings is 1. The molecule has 1 aromatic carbocycles. The predicted molar refractivity (Wildman–Crippen MR) is 99.4 cm³/mol. The largest absolute Gasteiger partial charge is 0.334 e. The number of rotatable bonds is 4. The SMILES string of the molecule is O=C(NCc1cccnc1)N1CCCN(Cc2ccc(Cl)cc2)CC1. The van der Waals surface area contributed by atoms with Gasteiger partial charge in [0.2, 0.25) is 0 Å². The lowest BCUT2D eigenvalue weighted by molar-refractivity contribution is 0.197. The number of carbonyl (C=O) groups is 1. The van der Waals surface area contributed by atoms with Crippen LogP contribution in [-0.4, -0.2) is 47.0 Å². The zero-order valence-electron chi connectivity index (χ0n) is 14.2. The number of benzene rings is 1. The average Bonchev–Trinajstić information content (AvgIpc) is 2.88. The normalized spacial score (nSPS) is 15.6. The molecule has 25 heavy (non-hydrogen) atoms. The molecule has 5 nitrogen and oxygen atoms in total. The molecule has 1 N–H and O–H groups in total. The molecule has 6 heteroatoms. The van der Waals surface area contributed by atoms with Gasteiger partial charge in [0.25, 0.3) is 0 Å². The highest BCUT2D eigenvalue weighted by molar-refractivity contribution is 6.30. The van der Waals surface area contributed by atoms with Crippen LogP contribution in [0.2, 0.25) is 5.02 Å². The van der Waals surface area contributed by atoms with Crippen LogP contribution in [0, 0.1) is 0 Å². The molecule has 0 spiro atoms. The molecular weight excluding hydrogens is 336 g/mol. The van der Waals surface area contributed by atoms with Crippen molar-refractivity contribution >= 4 is 17.6 Å². The molecule has 1 aromatic heterocycles. The van der Waals surface area contributed by atoms with E-state index in [0.717, 1.165) is 49.7 Å². The van der Waals surface area contributed by atoms with Crippen molar-refractivity contribution in [2.75, 3.05) is 26.2 Å². The van der Waals surface area contributed by atoms with Gasteiger partial charge in [-0.1, -0.05) is 29.8 Å². The van der Waals surface area contributed by atoms with Crippen LogP contribution in [0.1, 0.15) is 17.5 Å². The van der Waals surface area contributed by atoms with Crippen LogP contribution in [0.3, 0.4) is 0 Å². The van der Waals surface area contributed by atoms with Crippen molar-refractivity contribution in [2.45, 2.75) is 19.5 Å². The average molecular weight is 359 g/mol. The maximum Gasteiger partial charge on any atom is 0.317 e. The van der Waals surface area contributed by atoms with Crippen molar-refractivity contribution in [2.24, 2.45) is 0 Å². The maximum absolute atomic E-state index is 12.4. The molecule has 1 aliphatic rings. The van der Waals surface area contributed by atoms with Gasteiger partial charge in [0.05, 0.1) is 0 Å². The summed E-state index contributed by atoms with van der Waals surface area (Å²) in [6.07, 6.45) is 4.49. The molecule has 1 aliphatic heterocycles. The van der Waals surface area contributed by atoms with Gasteiger partial charge in [-0.15, -0.1) is 0 Å². The summed E-state index contributed by atoms with van der Waals surface area (Å²) in [7, 11) is 0. The Morgan fingerprint density at radius 1 is 1.08 bits per heavy atom. The smallest absolute Gasteiger partial charge is 0.317 e. The van der Waals surface area contributed by atoms with Gasteiger partial charge in [-0.25, -0.2) is 4.79 Å². The molecule has 0 radical (unpaired) electrons. The first-order chi connectivity index (χ1) is 12.2. The Balaban J connectivity index is 1.47. The lowest BCUT2D eigenvalue weighted by Crippen LogP contribution is -2.41. The van der Waals surface area contributed by atoms with Crippen LogP contribution in [0.5, 0.6) is 0 Å². The van der Waals surface area contributed by atoms with Crippen LogP contribution in [0.4, 0.5) is 4.79 Å². The molecule has 0 saturated carbocycles. The molecule has 3 rings (SSSR count). The van der Waals surface area contributed by atoms with Crippen molar-refractivity contribution in [1.82, 2.24) is 20.1 Å². The maximum atomic E-state index is 12.4. The Hall–Kier alpha value is -2.11. The van der Waals surface area contributed by atoms with E-state index in [1.165, 1.54) is 5.56 Å². The number of nitrogens with one attached hydrogen (secondary N) is 1. The quantitative estimate of drug-likeness (QED) is 0.913. The van der Waals surface area contributed by atoms with Crippen LogP contribution in [0.15, 0.2) is 48.8 Å². The summed E-state index contributed by atoms with van der Waals surface area (Å²) in [5.41, 5.74) is 2.26. The first-order valence-corrected chi connectivity index (χ1v) is 8.97. The second kappa shape index (κ2) is 8.83. The fraction of sp³-hybridized carbons (Fsp3) is 0.368. The molecule has 2 heterocycles. The second-order valence-corrected chi connectivity index (χ2v) is 6.70. The van der Waals surface area contributed by atoms with E-state index in [1.807, 2.05) is 29.2 Å². The Bertz CT molecular complexity index is 678. The van der Waals surface area contributed by atoms with E-state index in [4.69, 9.17) is 11.6 Å². The molecular formula is C19H23ClN4O. The molecule has 0 atom stereocenters. The number of urea groups is 1. The van der Waals surface area contributed by atoms with Crippen molar-refractivity contribution in [3.05, 3.63) is 64.9 Å². The van der Waals surface area contributed by atoms with Crippen molar-refractivity contribution in [1.29, 1.82) is 0 Å². The van der Waals surface area contributed by atoms with Gasteiger partial charge >= 0.3 is 6.03 Å². The molecule has 132 valence electrons. The molecule has 2 aromatic rings. The third-order valence-corrected chi connectivity index (χ3v) is 4.61. The standard InChI is InChI=1S/C19H23ClN4O/c20-18-6-4-16(5-7-18)15-23-9-2-10-24(12-11-23)19(25)22-14-17-3-1-8-21-13-17/h1,3-8,13H,2,9-12,14-15H2,(H,22,25). The summed E-state index contributed by atoms with van der Waals surface area (Å²) in [4.78, 5) is 20.7. The Morgan fingerprint density at radius 3 is 2.68 bits per heavy atom. The van der Waals surface area contributed by atoms with E-state index < -0.39 is 0 Å². The predicted octanol–water partition coefficient (Wildman–Crippen LogP) is 3.15. The van der Waals surface area contributed by atoms with Gasteiger partial charge < -0.3 is 10.2 Å². The van der Waals surface area contributed by atoms with E-state index >= 15 is 0 Å². The number of aromatic nitrogens is 1. The van der Waals surface area contributed by atoms with Crippen molar-refractivity contribution in [3.63, 3.8) is 0 Å². The van der Waals surface area contributed by atoms with Crippen LogP contribution < -0.4 is 5.32 Å². The number of amides is 2. The highest BCUT2D eigenvalue weighted by atomic mass is 35.5. The minimum atomic E-state index is -0.00260. The van der Waals surface area contributed by atoms with E-state index in [9.17, 15) is 4.79 Å². The first kappa shape index (κ1) is 17.7. The molecule has 0 unspecified atom stereocenters. The molecule has 0 bridgehead atoms. The summed E-state index contributed by atoms with van der Waals surface area (Å²) in [6, 6.07) is 11.8. The zero-order valence-corrected chi connectivity index (χ0v) is 15.0. The second-order valence-electron chi connectivity index (χ2n) is 6.26. The summed E-state index contributed by atoms with van der Waals surface area (Å²) >= 11 is 5.94. The number of halogens is 1. The van der Waals surface area contributed by atoms with Gasteiger partial charge in [-0.2, -0.15) is 0 Å². The first-order valence-electron chi connectivity index (χ1n) is 8.59. The third-order valence-electron chi connectivity index (χ3n) is 4.36. The molecule has 0 aliphatic carbocycles. The van der Waals surface area contributed by atoms with Gasteiger partial charge in [0, 0.05) is 56.7 Å².